The van der Waals surface area contributed by atoms with Gasteiger partial charge in [-0.2, -0.15) is 0 Å². The maximum absolute atomic E-state index is 2.41. The Morgan fingerprint density at radius 3 is 2.18 bits per heavy atom. The smallest absolute Gasteiger partial charge is 0.00230 e. The topological polar surface area (TPSA) is 0 Å². The van der Waals surface area contributed by atoms with Gasteiger partial charge in [-0.25, -0.2) is 0 Å². The average Bonchev–Trinajstić information content (AvgIpc) is 2.54. The normalized spacial score (nSPS) is 12.3. The summed E-state index contributed by atoms with van der Waals surface area (Å²) in [6.07, 6.45) is 9.13. The Bertz CT molecular complexity index is 527. The molecule has 118 valence electrons. The third kappa shape index (κ3) is 5.67. The van der Waals surface area contributed by atoms with E-state index < -0.39 is 0 Å². The number of hydrogen-bond acceptors (Lipinski definition) is 0. The number of benzene rings is 2. The van der Waals surface area contributed by atoms with Crippen LogP contribution in [0, 0.1) is 5.92 Å². The van der Waals surface area contributed by atoms with Crippen LogP contribution in [-0.2, 0) is 12.8 Å². The molecule has 0 bridgehead atoms. The molecule has 0 nitrogen and oxygen atoms in total. The van der Waals surface area contributed by atoms with Crippen LogP contribution < -0.4 is 0 Å². The van der Waals surface area contributed by atoms with Crippen LogP contribution in [0.3, 0.4) is 0 Å². The van der Waals surface area contributed by atoms with Crippen molar-refractivity contribution in [3.05, 3.63) is 71.3 Å². The molecule has 0 amide bonds. The van der Waals surface area contributed by atoms with E-state index in [0.29, 0.717) is 0 Å². The van der Waals surface area contributed by atoms with Crippen molar-refractivity contribution in [3.8, 4) is 0 Å². The molecule has 0 spiro atoms. The highest BCUT2D eigenvalue weighted by atomic mass is 14.1. The molecule has 0 aliphatic carbocycles. The molecule has 2 aromatic carbocycles. The van der Waals surface area contributed by atoms with Crippen molar-refractivity contribution in [1.82, 2.24) is 0 Å². The summed E-state index contributed by atoms with van der Waals surface area (Å²) >= 11 is 0. The lowest BCUT2D eigenvalue weighted by Gasteiger charge is -2.15. The Morgan fingerprint density at radius 2 is 1.45 bits per heavy atom. The zero-order chi connectivity index (χ0) is 15.6. The number of hydrogen-bond donors (Lipinski definition) is 0. The quantitative estimate of drug-likeness (QED) is 0.468. The monoisotopic (exact) mass is 294 g/mol. The second-order valence-corrected chi connectivity index (χ2v) is 6.59. The minimum Gasteiger partial charge on any atom is -0.0654 e. The fourth-order valence-electron chi connectivity index (χ4n) is 3.14. The van der Waals surface area contributed by atoms with E-state index in [0.717, 1.165) is 12.3 Å². The first-order chi connectivity index (χ1) is 10.8. The van der Waals surface area contributed by atoms with Crippen molar-refractivity contribution in [2.75, 3.05) is 0 Å². The predicted octanol–water partition coefficient (Wildman–Crippen LogP) is 6.43. The van der Waals surface area contributed by atoms with Crippen molar-refractivity contribution in [3.63, 3.8) is 0 Å². The van der Waals surface area contributed by atoms with E-state index in [1.807, 2.05) is 0 Å². The zero-order valence-corrected chi connectivity index (χ0v) is 14.2. The van der Waals surface area contributed by atoms with Crippen LogP contribution in [0.1, 0.15) is 62.6 Å². The second kappa shape index (κ2) is 9.46. The Kier molecular flexibility index (Phi) is 7.22. The Balaban J connectivity index is 1.93. The molecule has 0 radical (unpaired) electrons. The van der Waals surface area contributed by atoms with Gasteiger partial charge in [0, 0.05) is 0 Å². The van der Waals surface area contributed by atoms with E-state index in [9.17, 15) is 0 Å². The summed E-state index contributed by atoms with van der Waals surface area (Å²) in [5.41, 5.74) is 4.44. The summed E-state index contributed by atoms with van der Waals surface area (Å²) in [7, 11) is 0. The van der Waals surface area contributed by atoms with Gasteiger partial charge in [-0.1, -0.05) is 101 Å². The lowest BCUT2D eigenvalue weighted by Crippen LogP contribution is -2.03. The molecular formula is C22H30. The SMILES string of the molecule is CCCCCCC(C)Cc1ccccc1Cc1ccccc1. The van der Waals surface area contributed by atoms with Crippen LogP contribution in [0.25, 0.3) is 0 Å². The van der Waals surface area contributed by atoms with Gasteiger partial charge in [0.2, 0.25) is 0 Å². The zero-order valence-electron chi connectivity index (χ0n) is 14.2. The van der Waals surface area contributed by atoms with Gasteiger partial charge in [0.15, 0.2) is 0 Å². The van der Waals surface area contributed by atoms with E-state index in [2.05, 4.69) is 68.4 Å². The molecule has 0 heteroatoms. The third-order valence-electron chi connectivity index (χ3n) is 4.47. The van der Waals surface area contributed by atoms with Crippen molar-refractivity contribution in [2.24, 2.45) is 5.92 Å². The molecule has 0 fully saturated rings. The molecule has 2 aromatic rings. The van der Waals surface area contributed by atoms with E-state index in [1.165, 1.54) is 55.2 Å². The Labute approximate surface area is 136 Å². The first-order valence-corrected chi connectivity index (χ1v) is 8.90. The van der Waals surface area contributed by atoms with Crippen LogP contribution in [-0.4, -0.2) is 0 Å². The Morgan fingerprint density at radius 1 is 0.773 bits per heavy atom. The highest BCUT2D eigenvalue weighted by Gasteiger charge is 2.08. The maximum Gasteiger partial charge on any atom is -0.00230 e. The highest BCUT2D eigenvalue weighted by molar-refractivity contribution is 5.33. The molecule has 0 aromatic heterocycles. The summed E-state index contributed by atoms with van der Waals surface area (Å²) in [5.74, 6) is 0.786. The fraction of sp³-hybridized carbons (Fsp3) is 0.455. The largest absolute Gasteiger partial charge is 0.0654 e. The number of rotatable bonds is 9. The summed E-state index contributed by atoms with van der Waals surface area (Å²) in [4.78, 5) is 0. The van der Waals surface area contributed by atoms with Gasteiger partial charge < -0.3 is 0 Å². The molecule has 2 rings (SSSR count). The van der Waals surface area contributed by atoms with Crippen molar-refractivity contribution in [1.29, 1.82) is 0 Å². The lowest BCUT2D eigenvalue weighted by molar-refractivity contribution is 0.486. The van der Waals surface area contributed by atoms with Crippen LogP contribution >= 0.6 is 0 Å². The summed E-state index contributed by atoms with van der Waals surface area (Å²) in [6.45, 7) is 4.69. The standard InChI is InChI=1S/C22H30/c1-3-4-5-7-12-19(2)17-21-15-10-11-16-22(21)18-20-13-8-6-9-14-20/h6,8-11,13-16,19H,3-5,7,12,17-18H2,1-2H3. The first kappa shape index (κ1) is 16.8. The van der Waals surface area contributed by atoms with Crippen molar-refractivity contribution < 1.29 is 0 Å². The van der Waals surface area contributed by atoms with Gasteiger partial charge in [-0.05, 0) is 35.4 Å². The predicted molar refractivity (Wildman–Crippen MR) is 97.3 cm³/mol. The summed E-state index contributed by atoms with van der Waals surface area (Å²) < 4.78 is 0. The average molecular weight is 294 g/mol. The van der Waals surface area contributed by atoms with Crippen LogP contribution in [0.4, 0.5) is 0 Å². The van der Waals surface area contributed by atoms with E-state index in [-0.39, 0.29) is 0 Å². The van der Waals surface area contributed by atoms with E-state index in [1.54, 1.807) is 0 Å². The maximum atomic E-state index is 2.41. The van der Waals surface area contributed by atoms with Gasteiger partial charge in [0.05, 0.1) is 0 Å². The Hall–Kier alpha value is -1.56. The van der Waals surface area contributed by atoms with Gasteiger partial charge in [0.25, 0.3) is 0 Å². The minimum absolute atomic E-state index is 0.786. The van der Waals surface area contributed by atoms with Crippen LogP contribution in [0.15, 0.2) is 54.6 Å². The van der Waals surface area contributed by atoms with E-state index in [4.69, 9.17) is 0 Å². The first-order valence-electron chi connectivity index (χ1n) is 8.90. The lowest BCUT2D eigenvalue weighted by atomic mass is 9.90. The summed E-state index contributed by atoms with van der Waals surface area (Å²) in [6, 6.07) is 19.8. The molecule has 1 atom stereocenters. The molecule has 0 saturated heterocycles. The number of unbranched alkanes of at least 4 members (excludes halogenated alkanes) is 3. The highest BCUT2D eigenvalue weighted by Crippen LogP contribution is 2.21. The van der Waals surface area contributed by atoms with Crippen LogP contribution in [0.5, 0.6) is 0 Å². The van der Waals surface area contributed by atoms with Gasteiger partial charge in [0.1, 0.15) is 0 Å². The molecule has 1 unspecified atom stereocenters. The van der Waals surface area contributed by atoms with Gasteiger partial charge in [-0.3, -0.25) is 0 Å². The van der Waals surface area contributed by atoms with Crippen LogP contribution in [0.2, 0.25) is 0 Å². The molecule has 0 saturated carbocycles. The molecule has 0 heterocycles. The minimum atomic E-state index is 0.786. The second-order valence-electron chi connectivity index (χ2n) is 6.59. The molecular weight excluding hydrogens is 264 g/mol. The molecule has 0 aliphatic heterocycles. The third-order valence-corrected chi connectivity index (χ3v) is 4.47. The van der Waals surface area contributed by atoms with Gasteiger partial charge in [-0.15, -0.1) is 0 Å². The fourth-order valence-corrected chi connectivity index (χ4v) is 3.14. The molecule has 0 N–H and O–H groups in total. The van der Waals surface area contributed by atoms with E-state index >= 15 is 0 Å². The summed E-state index contributed by atoms with van der Waals surface area (Å²) in [5, 5.41) is 0. The van der Waals surface area contributed by atoms with Crippen molar-refractivity contribution >= 4 is 0 Å². The molecule has 22 heavy (non-hydrogen) atoms. The van der Waals surface area contributed by atoms with Gasteiger partial charge >= 0.3 is 0 Å². The van der Waals surface area contributed by atoms with Crippen molar-refractivity contribution in [2.45, 2.75) is 58.8 Å². The molecule has 0 aliphatic rings.